The maximum atomic E-state index is 4.69. The van der Waals surface area contributed by atoms with Gasteiger partial charge in [0.1, 0.15) is 0 Å². The van der Waals surface area contributed by atoms with Gasteiger partial charge in [0.25, 0.3) is 0 Å². The molecule has 1 saturated carbocycles. The summed E-state index contributed by atoms with van der Waals surface area (Å²) in [5, 5.41) is 0. The highest BCUT2D eigenvalue weighted by Gasteiger charge is 2.55. The van der Waals surface area contributed by atoms with Crippen LogP contribution in [0.1, 0.15) is 17.5 Å². The third-order valence-corrected chi connectivity index (χ3v) is 4.75. The van der Waals surface area contributed by atoms with Gasteiger partial charge in [-0.25, -0.2) is 0 Å². The van der Waals surface area contributed by atoms with E-state index in [0.29, 0.717) is 5.92 Å². The van der Waals surface area contributed by atoms with Crippen molar-refractivity contribution in [3.05, 3.63) is 102 Å². The lowest BCUT2D eigenvalue weighted by Crippen LogP contribution is -2.12. The molecule has 0 spiro atoms. The summed E-state index contributed by atoms with van der Waals surface area (Å²) in [6.45, 7) is 0. The lowest BCUT2D eigenvalue weighted by Gasteiger charge is -2.17. The standard InChI is InChI=1S/C22H19N/c1-4-10-18(11-5-1)22(19-12-6-2-7-13-19)16-20(22)17-23-21-14-8-3-9-15-21/h1-15,17,20H,16H2. The van der Waals surface area contributed by atoms with Crippen molar-refractivity contribution in [2.45, 2.75) is 11.8 Å². The Kier molecular flexibility index (Phi) is 3.55. The number of para-hydroxylation sites is 1. The molecule has 1 heteroatoms. The largest absolute Gasteiger partial charge is 0.261 e. The molecule has 0 aliphatic heterocycles. The first kappa shape index (κ1) is 14.0. The minimum absolute atomic E-state index is 0.0841. The van der Waals surface area contributed by atoms with Crippen molar-refractivity contribution in [1.82, 2.24) is 0 Å². The number of nitrogens with zero attached hydrogens (tertiary/aromatic N) is 1. The van der Waals surface area contributed by atoms with Crippen LogP contribution < -0.4 is 0 Å². The van der Waals surface area contributed by atoms with Crippen LogP contribution in [0.5, 0.6) is 0 Å². The van der Waals surface area contributed by atoms with Gasteiger partial charge in [-0.1, -0.05) is 78.9 Å². The molecule has 1 nitrogen and oxygen atoms in total. The maximum absolute atomic E-state index is 4.69. The Morgan fingerprint density at radius 3 is 1.70 bits per heavy atom. The first-order valence-electron chi connectivity index (χ1n) is 8.10. The molecule has 1 aliphatic rings. The second kappa shape index (κ2) is 5.85. The predicted octanol–water partition coefficient (Wildman–Crippen LogP) is 5.40. The zero-order valence-electron chi connectivity index (χ0n) is 13.0. The Morgan fingerprint density at radius 2 is 1.17 bits per heavy atom. The van der Waals surface area contributed by atoms with E-state index >= 15 is 0 Å². The minimum Gasteiger partial charge on any atom is -0.261 e. The van der Waals surface area contributed by atoms with Gasteiger partial charge in [0, 0.05) is 17.5 Å². The molecule has 1 fully saturated rings. The Balaban J connectivity index is 1.69. The van der Waals surface area contributed by atoms with Gasteiger partial charge >= 0.3 is 0 Å². The lowest BCUT2D eigenvalue weighted by atomic mass is 9.86. The van der Waals surface area contributed by atoms with Gasteiger partial charge in [-0.15, -0.1) is 0 Å². The van der Waals surface area contributed by atoms with Crippen molar-refractivity contribution in [2.24, 2.45) is 10.9 Å². The Labute approximate surface area is 137 Å². The van der Waals surface area contributed by atoms with E-state index in [2.05, 4.69) is 71.9 Å². The predicted molar refractivity (Wildman–Crippen MR) is 96.4 cm³/mol. The summed E-state index contributed by atoms with van der Waals surface area (Å²) in [7, 11) is 0. The molecule has 1 atom stereocenters. The molecule has 4 rings (SSSR count). The average molecular weight is 297 g/mol. The second-order valence-electron chi connectivity index (χ2n) is 6.13. The van der Waals surface area contributed by atoms with Crippen LogP contribution in [-0.4, -0.2) is 6.21 Å². The molecule has 0 N–H and O–H groups in total. The molecule has 0 amide bonds. The molecular formula is C22H19N. The van der Waals surface area contributed by atoms with E-state index in [0.717, 1.165) is 12.1 Å². The molecule has 0 heterocycles. The van der Waals surface area contributed by atoms with E-state index in [1.54, 1.807) is 0 Å². The van der Waals surface area contributed by atoms with Gasteiger partial charge in [-0.3, -0.25) is 4.99 Å². The SMILES string of the molecule is C(=Nc1ccccc1)C1CC1(c1ccccc1)c1ccccc1. The summed E-state index contributed by atoms with van der Waals surface area (Å²) in [6, 6.07) is 31.8. The van der Waals surface area contributed by atoms with E-state index < -0.39 is 0 Å². The minimum atomic E-state index is 0.0841. The van der Waals surface area contributed by atoms with Crippen LogP contribution in [0.3, 0.4) is 0 Å². The quantitative estimate of drug-likeness (QED) is 0.572. The van der Waals surface area contributed by atoms with Crippen molar-refractivity contribution in [3.63, 3.8) is 0 Å². The summed E-state index contributed by atoms with van der Waals surface area (Å²) < 4.78 is 0. The number of hydrogen-bond donors (Lipinski definition) is 0. The van der Waals surface area contributed by atoms with Crippen LogP contribution in [0.15, 0.2) is 96.0 Å². The van der Waals surface area contributed by atoms with Crippen molar-refractivity contribution in [2.75, 3.05) is 0 Å². The Hall–Kier alpha value is -2.67. The van der Waals surface area contributed by atoms with Crippen LogP contribution in [0.4, 0.5) is 5.69 Å². The van der Waals surface area contributed by atoms with Crippen molar-refractivity contribution >= 4 is 11.9 Å². The Bertz CT molecular complexity index is 752. The summed E-state index contributed by atoms with van der Waals surface area (Å²) in [5.41, 5.74) is 3.88. The first-order valence-corrected chi connectivity index (χ1v) is 8.10. The van der Waals surface area contributed by atoms with Gasteiger partial charge < -0.3 is 0 Å². The van der Waals surface area contributed by atoms with Crippen LogP contribution in [-0.2, 0) is 5.41 Å². The zero-order valence-corrected chi connectivity index (χ0v) is 13.0. The van der Waals surface area contributed by atoms with Gasteiger partial charge in [0.2, 0.25) is 0 Å². The van der Waals surface area contributed by atoms with Crippen molar-refractivity contribution < 1.29 is 0 Å². The third-order valence-electron chi connectivity index (χ3n) is 4.75. The molecule has 0 saturated heterocycles. The van der Waals surface area contributed by atoms with Gasteiger partial charge in [0.05, 0.1) is 5.69 Å². The molecule has 23 heavy (non-hydrogen) atoms. The molecule has 0 bridgehead atoms. The summed E-state index contributed by atoms with van der Waals surface area (Å²) >= 11 is 0. The Morgan fingerprint density at radius 1 is 0.696 bits per heavy atom. The molecule has 112 valence electrons. The molecule has 1 unspecified atom stereocenters. The van der Waals surface area contributed by atoms with E-state index in [-0.39, 0.29) is 5.41 Å². The number of benzene rings is 3. The van der Waals surface area contributed by atoms with E-state index in [1.807, 2.05) is 30.3 Å². The van der Waals surface area contributed by atoms with E-state index in [1.165, 1.54) is 11.1 Å². The van der Waals surface area contributed by atoms with Gasteiger partial charge in [0.15, 0.2) is 0 Å². The average Bonchev–Trinajstić information content (AvgIpc) is 3.38. The third kappa shape index (κ3) is 2.59. The molecule has 0 radical (unpaired) electrons. The lowest BCUT2D eigenvalue weighted by molar-refractivity contribution is 0.813. The highest BCUT2D eigenvalue weighted by atomic mass is 14.7. The fourth-order valence-corrected chi connectivity index (χ4v) is 3.46. The highest BCUT2D eigenvalue weighted by molar-refractivity contribution is 5.75. The van der Waals surface area contributed by atoms with Crippen LogP contribution in [0.25, 0.3) is 0 Å². The second-order valence-corrected chi connectivity index (χ2v) is 6.13. The van der Waals surface area contributed by atoms with Crippen LogP contribution in [0, 0.1) is 5.92 Å². The number of aliphatic imine (C=N–C) groups is 1. The van der Waals surface area contributed by atoms with Crippen LogP contribution in [0.2, 0.25) is 0 Å². The number of hydrogen-bond acceptors (Lipinski definition) is 1. The molecule has 0 aromatic heterocycles. The molecular weight excluding hydrogens is 278 g/mol. The number of rotatable bonds is 4. The zero-order chi connectivity index (χ0) is 15.5. The summed E-state index contributed by atoms with van der Waals surface area (Å²) in [6.07, 6.45) is 3.26. The molecule has 3 aromatic carbocycles. The topological polar surface area (TPSA) is 12.4 Å². The maximum Gasteiger partial charge on any atom is 0.0625 e. The van der Waals surface area contributed by atoms with Gasteiger partial charge in [-0.05, 0) is 29.7 Å². The highest BCUT2D eigenvalue weighted by Crippen LogP contribution is 2.58. The molecule has 1 aliphatic carbocycles. The normalized spacial score (nSPS) is 18.9. The smallest absolute Gasteiger partial charge is 0.0625 e. The summed E-state index contributed by atoms with van der Waals surface area (Å²) in [5.74, 6) is 0.451. The molecule has 3 aromatic rings. The van der Waals surface area contributed by atoms with E-state index in [4.69, 9.17) is 0 Å². The summed E-state index contributed by atoms with van der Waals surface area (Å²) in [4.78, 5) is 4.69. The van der Waals surface area contributed by atoms with Crippen molar-refractivity contribution in [1.29, 1.82) is 0 Å². The first-order chi connectivity index (χ1) is 11.4. The van der Waals surface area contributed by atoms with Crippen molar-refractivity contribution in [3.8, 4) is 0 Å². The van der Waals surface area contributed by atoms with Crippen LogP contribution >= 0.6 is 0 Å². The fraction of sp³-hybridized carbons (Fsp3) is 0.136. The van der Waals surface area contributed by atoms with E-state index in [9.17, 15) is 0 Å². The fourth-order valence-electron chi connectivity index (χ4n) is 3.46. The van der Waals surface area contributed by atoms with Gasteiger partial charge in [-0.2, -0.15) is 0 Å². The monoisotopic (exact) mass is 297 g/mol.